The highest BCUT2D eigenvalue weighted by molar-refractivity contribution is 6.07. The van der Waals surface area contributed by atoms with E-state index in [2.05, 4.69) is 16.4 Å². The first-order chi connectivity index (χ1) is 13.0. The number of amides is 1. The highest BCUT2D eigenvalue weighted by Gasteiger charge is 2.51. The molecule has 142 valence electrons. The molecule has 4 rings (SSSR count). The lowest BCUT2D eigenvalue weighted by Crippen LogP contribution is -2.54. The average Bonchev–Trinajstić information content (AvgIpc) is 2.90. The van der Waals surface area contributed by atoms with Crippen LogP contribution < -0.4 is 11.1 Å². The molecule has 6 nitrogen and oxygen atoms in total. The fraction of sp³-hybridized carbons (Fsp3) is 0.476. The standard InChI is InChI=1S/C21H27N5O/c1-21(19(27)26(2)20(22)25-21)18(15-9-4-3-5-10-15)24-17-13-12-14-8-6-7-11-16(14)23-17/h6-8,11-13,15,18H,3-5,9-10H2,1-2H3,(H2,22,25)(H,23,24)/t18?,21-/m1/s1. The van der Waals surface area contributed by atoms with Crippen LogP contribution >= 0.6 is 0 Å². The van der Waals surface area contributed by atoms with Crippen LogP contribution in [0.15, 0.2) is 41.4 Å². The number of carbonyl (C=O) groups is 1. The summed E-state index contributed by atoms with van der Waals surface area (Å²) >= 11 is 0. The third kappa shape index (κ3) is 3.13. The van der Waals surface area contributed by atoms with Gasteiger partial charge in [-0.3, -0.25) is 9.69 Å². The molecule has 1 aliphatic carbocycles. The Kier molecular flexibility index (Phi) is 4.50. The predicted molar refractivity (Wildman–Crippen MR) is 109 cm³/mol. The molecule has 2 heterocycles. The first kappa shape index (κ1) is 17.8. The number of aromatic nitrogens is 1. The molecule has 0 spiro atoms. The summed E-state index contributed by atoms with van der Waals surface area (Å²) in [6.45, 7) is 1.90. The van der Waals surface area contributed by atoms with Crippen molar-refractivity contribution in [1.82, 2.24) is 9.88 Å². The van der Waals surface area contributed by atoms with Gasteiger partial charge in [0.15, 0.2) is 11.5 Å². The maximum atomic E-state index is 13.0. The molecule has 2 aliphatic rings. The van der Waals surface area contributed by atoms with Gasteiger partial charge in [-0.05, 0) is 43.9 Å². The number of likely N-dealkylation sites (N-methyl/N-ethyl adjacent to an activating group) is 1. The number of hydrogen-bond acceptors (Lipinski definition) is 5. The highest BCUT2D eigenvalue weighted by Crippen LogP contribution is 2.37. The molecule has 1 amide bonds. The van der Waals surface area contributed by atoms with Gasteiger partial charge in [-0.15, -0.1) is 0 Å². The van der Waals surface area contributed by atoms with Gasteiger partial charge in [0.25, 0.3) is 5.91 Å². The van der Waals surface area contributed by atoms with Crippen molar-refractivity contribution < 1.29 is 4.79 Å². The zero-order valence-electron chi connectivity index (χ0n) is 16.0. The van der Waals surface area contributed by atoms with E-state index < -0.39 is 5.54 Å². The van der Waals surface area contributed by atoms with Gasteiger partial charge in [0.2, 0.25) is 0 Å². The van der Waals surface area contributed by atoms with Crippen molar-refractivity contribution in [2.24, 2.45) is 16.6 Å². The molecule has 1 aliphatic heterocycles. The molecule has 1 unspecified atom stereocenters. The van der Waals surface area contributed by atoms with Gasteiger partial charge in [0, 0.05) is 12.4 Å². The second-order valence-corrected chi connectivity index (χ2v) is 7.89. The zero-order valence-corrected chi connectivity index (χ0v) is 16.0. The summed E-state index contributed by atoms with van der Waals surface area (Å²) in [5.74, 6) is 1.38. The number of hydrogen-bond donors (Lipinski definition) is 2. The first-order valence-corrected chi connectivity index (χ1v) is 9.75. The van der Waals surface area contributed by atoms with E-state index in [1.54, 1.807) is 7.05 Å². The van der Waals surface area contributed by atoms with Gasteiger partial charge in [0.05, 0.1) is 11.6 Å². The van der Waals surface area contributed by atoms with Crippen LogP contribution in [0.1, 0.15) is 39.0 Å². The monoisotopic (exact) mass is 365 g/mol. The Morgan fingerprint density at radius 1 is 1.19 bits per heavy atom. The van der Waals surface area contributed by atoms with Crippen LogP contribution in [0, 0.1) is 5.92 Å². The third-order valence-corrected chi connectivity index (χ3v) is 6.06. The summed E-state index contributed by atoms with van der Waals surface area (Å²) in [6, 6.07) is 12.0. The van der Waals surface area contributed by atoms with Crippen LogP contribution in [0.2, 0.25) is 0 Å². The van der Waals surface area contributed by atoms with E-state index in [9.17, 15) is 4.79 Å². The fourth-order valence-electron chi connectivity index (χ4n) is 4.50. The van der Waals surface area contributed by atoms with Crippen molar-refractivity contribution in [3.05, 3.63) is 36.4 Å². The normalized spacial score (nSPS) is 24.9. The molecule has 1 aromatic heterocycles. The molecule has 1 fully saturated rings. The summed E-state index contributed by atoms with van der Waals surface area (Å²) in [7, 11) is 1.69. The van der Waals surface area contributed by atoms with Gasteiger partial charge in [0.1, 0.15) is 5.82 Å². The van der Waals surface area contributed by atoms with E-state index in [-0.39, 0.29) is 17.9 Å². The zero-order chi connectivity index (χ0) is 19.0. The smallest absolute Gasteiger partial charge is 0.258 e. The molecule has 6 heteroatoms. The number of aliphatic imine (C=N–C) groups is 1. The number of fused-ring (bicyclic) bond motifs is 1. The number of benzene rings is 1. The van der Waals surface area contributed by atoms with Crippen LogP contribution in [0.5, 0.6) is 0 Å². The number of rotatable bonds is 4. The quantitative estimate of drug-likeness (QED) is 0.872. The molecule has 0 bridgehead atoms. The van der Waals surface area contributed by atoms with E-state index in [0.29, 0.717) is 5.92 Å². The van der Waals surface area contributed by atoms with E-state index in [1.807, 2.05) is 37.3 Å². The van der Waals surface area contributed by atoms with Crippen LogP contribution in [-0.4, -0.2) is 40.4 Å². The van der Waals surface area contributed by atoms with Gasteiger partial charge in [-0.1, -0.05) is 37.5 Å². The minimum atomic E-state index is -0.909. The number of pyridine rings is 1. The molecule has 0 saturated heterocycles. The lowest BCUT2D eigenvalue weighted by atomic mass is 9.75. The van der Waals surface area contributed by atoms with Crippen molar-refractivity contribution in [1.29, 1.82) is 0 Å². The summed E-state index contributed by atoms with van der Waals surface area (Å²) < 4.78 is 0. The van der Waals surface area contributed by atoms with Gasteiger partial charge < -0.3 is 11.1 Å². The highest BCUT2D eigenvalue weighted by atomic mass is 16.2. The number of carbonyl (C=O) groups excluding carboxylic acids is 1. The second-order valence-electron chi connectivity index (χ2n) is 7.89. The minimum absolute atomic E-state index is 0.0520. The number of nitrogens with zero attached hydrogens (tertiary/aromatic N) is 3. The number of para-hydroxylation sites is 1. The van der Waals surface area contributed by atoms with Crippen molar-refractivity contribution in [3.63, 3.8) is 0 Å². The van der Waals surface area contributed by atoms with Crippen LogP contribution in [-0.2, 0) is 4.79 Å². The summed E-state index contributed by atoms with van der Waals surface area (Å²) in [4.78, 5) is 23.8. The van der Waals surface area contributed by atoms with Gasteiger partial charge in [-0.25, -0.2) is 9.98 Å². The lowest BCUT2D eigenvalue weighted by molar-refractivity contribution is -0.130. The molecule has 3 N–H and O–H groups in total. The Hall–Kier alpha value is -2.63. The Balaban J connectivity index is 1.70. The molecule has 1 saturated carbocycles. The van der Waals surface area contributed by atoms with E-state index in [0.717, 1.165) is 29.6 Å². The van der Waals surface area contributed by atoms with Crippen molar-refractivity contribution in [2.75, 3.05) is 12.4 Å². The van der Waals surface area contributed by atoms with Crippen LogP contribution in [0.3, 0.4) is 0 Å². The number of guanidine groups is 1. The largest absolute Gasteiger partial charge is 0.369 e. The maximum absolute atomic E-state index is 13.0. The van der Waals surface area contributed by atoms with E-state index >= 15 is 0 Å². The van der Waals surface area contributed by atoms with Crippen molar-refractivity contribution in [2.45, 2.75) is 50.6 Å². The van der Waals surface area contributed by atoms with Gasteiger partial charge in [-0.2, -0.15) is 0 Å². The van der Waals surface area contributed by atoms with E-state index in [4.69, 9.17) is 10.7 Å². The Labute approximate surface area is 159 Å². The molecular weight excluding hydrogens is 338 g/mol. The molecule has 27 heavy (non-hydrogen) atoms. The van der Waals surface area contributed by atoms with Gasteiger partial charge >= 0.3 is 0 Å². The molecule has 0 radical (unpaired) electrons. The maximum Gasteiger partial charge on any atom is 0.258 e. The third-order valence-electron chi connectivity index (χ3n) is 6.06. The molecule has 2 aromatic rings. The second kappa shape index (κ2) is 6.83. The summed E-state index contributed by atoms with van der Waals surface area (Å²) in [6.07, 6.45) is 5.81. The Morgan fingerprint density at radius 2 is 1.93 bits per heavy atom. The molecule has 2 atom stereocenters. The fourth-order valence-corrected chi connectivity index (χ4v) is 4.50. The predicted octanol–water partition coefficient (Wildman–Crippen LogP) is 3.14. The first-order valence-electron chi connectivity index (χ1n) is 9.75. The van der Waals surface area contributed by atoms with Crippen molar-refractivity contribution in [3.8, 4) is 0 Å². The van der Waals surface area contributed by atoms with Crippen LogP contribution in [0.25, 0.3) is 10.9 Å². The Morgan fingerprint density at radius 3 is 2.63 bits per heavy atom. The van der Waals surface area contributed by atoms with E-state index in [1.165, 1.54) is 24.2 Å². The van der Waals surface area contributed by atoms with Crippen LogP contribution in [0.4, 0.5) is 5.82 Å². The summed E-state index contributed by atoms with van der Waals surface area (Å²) in [5, 5.41) is 4.67. The van der Waals surface area contributed by atoms with Crippen molar-refractivity contribution >= 4 is 28.6 Å². The number of anilines is 1. The lowest BCUT2D eigenvalue weighted by Gasteiger charge is -2.38. The SMILES string of the molecule is CN1C(=O)[C@@](C)(C(Nc2ccc3ccccc3n2)C2CCCCC2)N=C1N. The summed E-state index contributed by atoms with van der Waals surface area (Å²) in [5.41, 5.74) is 6.02. The number of nitrogens with one attached hydrogen (secondary N) is 1. The molecule has 1 aromatic carbocycles. The topological polar surface area (TPSA) is 83.6 Å². The number of nitrogens with two attached hydrogens (primary N) is 1. The Bertz CT molecular complexity index is 889. The molecular formula is C21H27N5O. The average molecular weight is 365 g/mol. The minimum Gasteiger partial charge on any atom is -0.369 e.